The average Bonchev–Trinajstić information content (AvgIpc) is 2.49. The molecule has 1 aliphatic rings. The Morgan fingerprint density at radius 1 is 1.38 bits per heavy atom. The van der Waals surface area contributed by atoms with Gasteiger partial charge in [0.25, 0.3) is 0 Å². The van der Waals surface area contributed by atoms with Gasteiger partial charge in [-0.2, -0.15) is 0 Å². The first-order valence-corrected chi connectivity index (χ1v) is 7.56. The summed E-state index contributed by atoms with van der Waals surface area (Å²) < 4.78 is 0. The monoisotopic (exact) mass is 285 g/mol. The first-order valence-electron chi connectivity index (χ1n) is 7.56. The number of carbonyl (C=O) groups is 2. The normalized spacial score (nSPS) is 22.1. The topological polar surface area (TPSA) is 37.4 Å². The summed E-state index contributed by atoms with van der Waals surface area (Å²) in [5.41, 5.74) is 0.773. The van der Waals surface area contributed by atoms with Crippen LogP contribution in [0.4, 0.5) is 0 Å². The van der Waals surface area contributed by atoms with Gasteiger partial charge in [-0.25, -0.2) is 0 Å². The Morgan fingerprint density at radius 2 is 2.10 bits per heavy atom. The highest BCUT2D eigenvalue weighted by Crippen LogP contribution is 2.39. The lowest BCUT2D eigenvalue weighted by Gasteiger charge is -2.40. The van der Waals surface area contributed by atoms with E-state index < -0.39 is 5.41 Å². The van der Waals surface area contributed by atoms with Gasteiger partial charge in [0, 0.05) is 13.5 Å². The van der Waals surface area contributed by atoms with Crippen LogP contribution < -0.4 is 0 Å². The summed E-state index contributed by atoms with van der Waals surface area (Å²) in [6.07, 6.45) is 5.80. The number of allylic oxidation sites excluding steroid dienone is 1. The highest BCUT2D eigenvalue weighted by atomic mass is 16.2. The molecule has 1 heterocycles. The van der Waals surface area contributed by atoms with Crippen molar-refractivity contribution < 1.29 is 9.59 Å². The van der Waals surface area contributed by atoms with Crippen molar-refractivity contribution >= 4 is 11.8 Å². The van der Waals surface area contributed by atoms with Crippen molar-refractivity contribution in [2.75, 3.05) is 6.54 Å². The molecule has 2 rings (SSSR count). The molecule has 1 aromatic rings. The molecule has 0 spiro atoms. The van der Waals surface area contributed by atoms with Crippen molar-refractivity contribution in [2.24, 2.45) is 5.41 Å². The Kier molecular flexibility index (Phi) is 4.94. The molecule has 0 saturated carbocycles. The molecule has 1 aromatic carbocycles. The zero-order valence-electron chi connectivity index (χ0n) is 12.7. The Bertz CT molecular complexity index is 523. The minimum absolute atomic E-state index is 0.0166. The highest BCUT2D eigenvalue weighted by Gasteiger charge is 2.43. The second-order valence-corrected chi connectivity index (χ2v) is 5.84. The predicted octanol–water partition coefficient (Wildman–Crippen LogP) is 3.35. The molecular weight excluding hydrogens is 262 g/mol. The van der Waals surface area contributed by atoms with Gasteiger partial charge in [-0.3, -0.25) is 14.5 Å². The van der Waals surface area contributed by atoms with Crippen LogP contribution in [0, 0.1) is 5.41 Å². The zero-order chi connectivity index (χ0) is 15.3. The maximum atomic E-state index is 12.8. The number of carbonyl (C=O) groups excluding carboxylic acids is 2. The molecule has 1 fully saturated rings. The van der Waals surface area contributed by atoms with Crippen LogP contribution in [0.25, 0.3) is 0 Å². The van der Waals surface area contributed by atoms with Gasteiger partial charge < -0.3 is 0 Å². The van der Waals surface area contributed by atoms with Gasteiger partial charge in [-0.15, -0.1) is 6.58 Å². The van der Waals surface area contributed by atoms with Crippen molar-refractivity contribution in [3.05, 3.63) is 48.6 Å². The van der Waals surface area contributed by atoms with Crippen LogP contribution in [0.15, 0.2) is 43.0 Å². The number of amides is 2. The summed E-state index contributed by atoms with van der Waals surface area (Å²) in [5.74, 6) is -0.162. The largest absolute Gasteiger partial charge is 0.282 e. The van der Waals surface area contributed by atoms with Gasteiger partial charge in [0.05, 0.1) is 5.41 Å². The van der Waals surface area contributed by atoms with Crippen molar-refractivity contribution in [1.82, 2.24) is 4.90 Å². The van der Waals surface area contributed by atoms with E-state index in [9.17, 15) is 9.59 Å². The Labute approximate surface area is 126 Å². The Balaban J connectivity index is 2.17. The van der Waals surface area contributed by atoms with E-state index in [4.69, 9.17) is 0 Å². The summed E-state index contributed by atoms with van der Waals surface area (Å²) in [6, 6.07) is 10.2. The summed E-state index contributed by atoms with van der Waals surface area (Å²) >= 11 is 0. The molecule has 0 N–H and O–H groups in total. The minimum Gasteiger partial charge on any atom is -0.282 e. The number of aryl methyl sites for hydroxylation is 1. The lowest BCUT2D eigenvalue weighted by atomic mass is 9.72. The van der Waals surface area contributed by atoms with Gasteiger partial charge in [-0.1, -0.05) is 36.4 Å². The molecule has 1 atom stereocenters. The lowest BCUT2D eigenvalue weighted by Crippen LogP contribution is -2.50. The molecule has 3 nitrogen and oxygen atoms in total. The van der Waals surface area contributed by atoms with E-state index in [1.807, 2.05) is 24.3 Å². The Hall–Kier alpha value is -1.90. The Morgan fingerprint density at radius 3 is 2.71 bits per heavy atom. The van der Waals surface area contributed by atoms with E-state index in [-0.39, 0.29) is 11.8 Å². The third-order valence-corrected chi connectivity index (χ3v) is 4.39. The summed E-state index contributed by atoms with van der Waals surface area (Å²) in [7, 11) is 0. The van der Waals surface area contributed by atoms with Gasteiger partial charge >= 0.3 is 0 Å². The number of hydrogen-bond donors (Lipinski definition) is 0. The smallest absolute Gasteiger partial charge is 0.235 e. The quantitative estimate of drug-likeness (QED) is 0.778. The second kappa shape index (κ2) is 6.70. The van der Waals surface area contributed by atoms with Gasteiger partial charge in [-0.05, 0) is 37.7 Å². The van der Waals surface area contributed by atoms with Crippen molar-refractivity contribution in [3.63, 3.8) is 0 Å². The standard InChI is InChI=1S/C18H23NO2/c1-3-11-18(13-10-16-8-5-4-6-9-16)12-7-14-19(15(2)20)17(18)21/h3-6,8-9H,1,7,10-14H2,2H3/t18-/m1/s1. The molecule has 0 unspecified atom stereocenters. The third-order valence-electron chi connectivity index (χ3n) is 4.39. The fourth-order valence-corrected chi connectivity index (χ4v) is 3.20. The van der Waals surface area contributed by atoms with Crippen LogP contribution >= 0.6 is 0 Å². The fourth-order valence-electron chi connectivity index (χ4n) is 3.20. The van der Waals surface area contributed by atoms with E-state index in [1.54, 1.807) is 0 Å². The molecule has 21 heavy (non-hydrogen) atoms. The number of hydrogen-bond acceptors (Lipinski definition) is 2. The van der Waals surface area contributed by atoms with Crippen LogP contribution in [-0.4, -0.2) is 23.3 Å². The molecule has 1 aliphatic heterocycles. The molecule has 112 valence electrons. The number of imide groups is 1. The molecule has 0 aromatic heterocycles. The minimum atomic E-state index is -0.457. The van der Waals surface area contributed by atoms with E-state index >= 15 is 0 Å². The van der Waals surface area contributed by atoms with Crippen LogP contribution in [-0.2, 0) is 16.0 Å². The third kappa shape index (κ3) is 3.41. The van der Waals surface area contributed by atoms with Crippen LogP contribution in [0.2, 0.25) is 0 Å². The summed E-state index contributed by atoms with van der Waals surface area (Å²) in [4.78, 5) is 25.8. The highest BCUT2D eigenvalue weighted by molar-refractivity contribution is 5.97. The van der Waals surface area contributed by atoms with Crippen molar-refractivity contribution in [2.45, 2.75) is 39.0 Å². The fraction of sp³-hybridized carbons (Fsp3) is 0.444. The van der Waals surface area contributed by atoms with Crippen LogP contribution in [0.1, 0.15) is 38.2 Å². The van der Waals surface area contributed by atoms with E-state index in [0.29, 0.717) is 13.0 Å². The first kappa shape index (κ1) is 15.5. The number of rotatable bonds is 5. The number of piperidine rings is 1. The van der Waals surface area contributed by atoms with Crippen LogP contribution in [0.3, 0.4) is 0 Å². The van der Waals surface area contributed by atoms with Gasteiger partial charge in [0.2, 0.25) is 11.8 Å². The van der Waals surface area contributed by atoms with E-state index in [2.05, 4.69) is 18.7 Å². The molecule has 0 aliphatic carbocycles. The number of nitrogens with zero attached hydrogens (tertiary/aromatic N) is 1. The van der Waals surface area contributed by atoms with Crippen molar-refractivity contribution in [3.8, 4) is 0 Å². The zero-order valence-corrected chi connectivity index (χ0v) is 12.7. The summed E-state index contributed by atoms with van der Waals surface area (Å²) in [6.45, 7) is 5.83. The maximum absolute atomic E-state index is 12.8. The molecule has 0 radical (unpaired) electrons. The van der Waals surface area contributed by atoms with Crippen molar-refractivity contribution in [1.29, 1.82) is 0 Å². The van der Waals surface area contributed by atoms with Gasteiger partial charge in [0.1, 0.15) is 0 Å². The van der Waals surface area contributed by atoms with E-state index in [1.165, 1.54) is 17.4 Å². The van der Waals surface area contributed by atoms with Gasteiger partial charge in [0.15, 0.2) is 0 Å². The second-order valence-electron chi connectivity index (χ2n) is 5.84. The van der Waals surface area contributed by atoms with E-state index in [0.717, 1.165) is 25.7 Å². The SMILES string of the molecule is C=CC[C@]1(CCc2ccccc2)CCCN(C(C)=O)C1=O. The predicted molar refractivity (Wildman–Crippen MR) is 83.6 cm³/mol. The molecule has 3 heteroatoms. The number of likely N-dealkylation sites (tertiary alicyclic amines) is 1. The average molecular weight is 285 g/mol. The molecule has 0 bridgehead atoms. The summed E-state index contributed by atoms with van der Waals surface area (Å²) in [5, 5.41) is 0. The maximum Gasteiger partial charge on any atom is 0.235 e. The lowest BCUT2D eigenvalue weighted by molar-refractivity contribution is -0.155. The molecule has 1 saturated heterocycles. The number of benzene rings is 1. The van der Waals surface area contributed by atoms with Crippen LogP contribution in [0.5, 0.6) is 0 Å². The molecule has 2 amide bonds. The molecular formula is C18H23NO2. The first-order chi connectivity index (χ1) is 10.1.